The van der Waals surface area contributed by atoms with Crippen LogP contribution in [-0.2, 0) is 16.6 Å². The van der Waals surface area contributed by atoms with Crippen LogP contribution < -0.4 is 5.73 Å². The van der Waals surface area contributed by atoms with E-state index in [0.717, 1.165) is 0 Å². The van der Waals surface area contributed by atoms with Gasteiger partial charge in [0.25, 0.3) is 0 Å². The number of rotatable bonds is 3. The molecule has 2 atom stereocenters. The number of nitrogens with two attached hydrogens (primary N) is 1. The van der Waals surface area contributed by atoms with Gasteiger partial charge in [-0.05, 0) is 0 Å². The van der Waals surface area contributed by atoms with E-state index in [-0.39, 0.29) is 18.6 Å². The van der Waals surface area contributed by atoms with Gasteiger partial charge < -0.3 is 20.5 Å². The molecule has 0 saturated carbocycles. The molecule has 0 radical (unpaired) electrons. The topological polar surface area (TPSA) is 93.6 Å². The maximum Gasteiger partial charge on any atom is 0.244 e. The van der Waals surface area contributed by atoms with Gasteiger partial charge in [-0.15, -0.1) is 0 Å². The van der Waals surface area contributed by atoms with Gasteiger partial charge in [0.1, 0.15) is 6.04 Å². The monoisotopic (exact) mass is 254 g/mol. The van der Waals surface area contributed by atoms with E-state index in [1.165, 1.54) is 0 Å². The van der Waals surface area contributed by atoms with Crippen molar-refractivity contribution in [2.45, 2.75) is 12.1 Å². The van der Waals surface area contributed by atoms with Gasteiger partial charge in [0.2, 0.25) is 5.91 Å². The van der Waals surface area contributed by atoms with Crippen molar-refractivity contribution in [1.82, 2.24) is 14.7 Å². The summed E-state index contributed by atoms with van der Waals surface area (Å²) in [5.41, 5.74) is 6.61. The molecular weight excluding hydrogens is 236 g/mol. The molecule has 0 aromatic carbocycles. The first-order valence-electron chi connectivity index (χ1n) is 5.87. The summed E-state index contributed by atoms with van der Waals surface area (Å²) in [6.45, 7) is 1.22. The Morgan fingerprint density at radius 1 is 1.78 bits per heavy atom. The Balaban J connectivity index is 2.02. The van der Waals surface area contributed by atoms with E-state index >= 15 is 0 Å². The molecule has 1 fully saturated rings. The highest BCUT2D eigenvalue weighted by Gasteiger charge is 2.28. The summed E-state index contributed by atoms with van der Waals surface area (Å²) in [5.74, 6) is -0.162. The van der Waals surface area contributed by atoms with E-state index in [1.54, 1.807) is 29.0 Å². The fraction of sp³-hybridized carbons (Fsp3) is 0.636. The van der Waals surface area contributed by atoms with Crippen molar-refractivity contribution in [1.29, 1.82) is 0 Å². The van der Waals surface area contributed by atoms with Gasteiger partial charge in [-0.2, -0.15) is 5.10 Å². The maximum atomic E-state index is 12.2. The lowest BCUT2D eigenvalue weighted by atomic mass is 10.1. The van der Waals surface area contributed by atoms with Crippen molar-refractivity contribution in [3.05, 3.63) is 18.0 Å². The van der Waals surface area contributed by atoms with Crippen LogP contribution in [0.2, 0.25) is 0 Å². The molecule has 0 bridgehead atoms. The Morgan fingerprint density at radius 2 is 2.56 bits per heavy atom. The summed E-state index contributed by atoms with van der Waals surface area (Å²) < 4.78 is 6.91. The maximum absolute atomic E-state index is 12.2. The van der Waals surface area contributed by atoms with Crippen molar-refractivity contribution >= 4 is 5.91 Å². The number of aromatic nitrogens is 2. The van der Waals surface area contributed by atoms with Crippen molar-refractivity contribution in [2.24, 2.45) is 12.8 Å². The molecule has 1 aliphatic rings. The van der Waals surface area contributed by atoms with Crippen molar-refractivity contribution < 1.29 is 14.6 Å². The highest BCUT2D eigenvalue weighted by molar-refractivity contribution is 5.83. The molecule has 1 aromatic rings. The lowest BCUT2D eigenvalue weighted by Crippen LogP contribution is -2.49. The summed E-state index contributed by atoms with van der Waals surface area (Å²) >= 11 is 0. The third kappa shape index (κ3) is 2.69. The Hall–Kier alpha value is -1.44. The molecule has 18 heavy (non-hydrogen) atoms. The van der Waals surface area contributed by atoms with Crippen LogP contribution in [0.1, 0.15) is 11.6 Å². The second-order valence-electron chi connectivity index (χ2n) is 4.38. The van der Waals surface area contributed by atoms with E-state index in [0.29, 0.717) is 25.3 Å². The largest absolute Gasteiger partial charge is 0.394 e. The molecule has 1 amide bonds. The second kappa shape index (κ2) is 5.47. The van der Waals surface area contributed by atoms with Gasteiger partial charge in [0.05, 0.1) is 25.5 Å². The highest BCUT2D eigenvalue weighted by Crippen LogP contribution is 2.14. The van der Waals surface area contributed by atoms with Gasteiger partial charge in [-0.25, -0.2) is 0 Å². The molecule has 2 unspecified atom stereocenters. The van der Waals surface area contributed by atoms with Gasteiger partial charge in [0.15, 0.2) is 0 Å². The van der Waals surface area contributed by atoms with Gasteiger partial charge >= 0.3 is 0 Å². The summed E-state index contributed by atoms with van der Waals surface area (Å²) in [5, 5.41) is 13.0. The Labute approximate surface area is 105 Å². The number of ether oxygens (including phenoxy) is 1. The molecule has 7 nitrogen and oxygen atoms in total. The van der Waals surface area contributed by atoms with E-state index in [1.807, 2.05) is 0 Å². The summed E-state index contributed by atoms with van der Waals surface area (Å²) in [4.78, 5) is 13.8. The van der Waals surface area contributed by atoms with Crippen LogP contribution in [0.15, 0.2) is 12.4 Å². The van der Waals surface area contributed by atoms with Crippen molar-refractivity contribution in [3.8, 4) is 0 Å². The fourth-order valence-electron chi connectivity index (χ4n) is 1.97. The number of morpholine rings is 1. The average Bonchev–Trinajstić information content (AvgIpc) is 2.83. The number of nitrogens with zero attached hydrogens (tertiary/aromatic N) is 3. The minimum atomic E-state index is -0.712. The number of hydrogen-bond acceptors (Lipinski definition) is 5. The lowest BCUT2D eigenvalue weighted by Gasteiger charge is -2.33. The van der Waals surface area contributed by atoms with Gasteiger partial charge in [-0.3, -0.25) is 9.48 Å². The van der Waals surface area contributed by atoms with E-state index in [9.17, 15) is 4.79 Å². The van der Waals surface area contributed by atoms with Crippen LogP contribution in [0.3, 0.4) is 0 Å². The van der Waals surface area contributed by atoms with Gasteiger partial charge in [0, 0.05) is 31.9 Å². The molecule has 0 aliphatic carbocycles. The smallest absolute Gasteiger partial charge is 0.244 e. The quantitative estimate of drug-likeness (QED) is 0.695. The Morgan fingerprint density at radius 3 is 3.17 bits per heavy atom. The molecular formula is C11H18N4O3. The number of aliphatic hydroxyl groups is 1. The van der Waals surface area contributed by atoms with Crippen molar-refractivity contribution in [3.63, 3.8) is 0 Å². The standard InChI is InChI=1S/C11H18N4O3/c1-14-5-8(4-13-14)10(12)11(17)15-2-3-18-9(6-15)7-16/h4-5,9-10,16H,2-3,6-7,12H2,1H3. The number of hydrogen-bond donors (Lipinski definition) is 2. The predicted octanol–water partition coefficient (Wildman–Crippen LogP) is -1.36. The summed E-state index contributed by atoms with van der Waals surface area (Å²) in [7, 11) is 1.78. The second-order valence-corrected chi connectivity index (χ2v) is 4.38. The molecule has 7 heteroatoms. The van der Waals surface area contributed by atoms with Crippen LogP contribution >= 0.6 is 0 Å². The van der Waals surface area contributed by atoms with Crippen LogP contribution in [0.25, 0.3) is 0 Å². The van der Waals surface area contributed by atoms with E-state index in [4.69, 9.17) is 15.6 Å². The zero-order chi connectivity index (χ0) is 13.1. The number of amides is 1. The zero-order valence-electron chi connectivity index (χ0n) is 10.3. The first-order valence-corrected chi connectivity index (χ1v) is 5.87. The number of aryl methyl sites for hydroxylation is 1. The van der Waals surface area contributed by atoms with Crippen LogP contribution in [0.4, 0.5) is 0 Å². The third-order valence-corrected chi connectivity index (χ3v) is 3.00. The Kier molecular flexibility index (Phi) is 3.95. The Bertz CT molecular complexity index is 420. The molecule has 3 N–H and O–H groups in total. The van der Waals surface area contributed by atoms with E-state index in [2.05, 4.69) is 5.10 Å². The average molecular weight is 254 g/mol. The molecule has 1 aliphatic heterocycles. The number of carbonyl (C=O) groups is 1. The zero-order valence-corrected chi connectivity index (χ0v) is 10.3. The molecule has 1 saturated heterocycles. The van der Waals surface area contributed by atoms with Crippen LogP contribution in [0.5, 0.6) is 0 Å². The minimum Gasteiger partial charge on any atom is -0.394 e. The normalized spacial score (nSPS) is 21.9. The molecule has 0 spiro atoms. The molecule has 100 valence electrons. The summed E-state index contributed by atoms with van der Waals surface area (Å²) in [6.07, 6.45) is 3.00. The first-order chi connectivity index (χ1) is 8.61. The molecule has 2 heterocycles. The summed E-state index contributed by atoms with van der Waals surface area (Å²) in [6, 6.07) is -0.712. The number of carbonyl (C=O) groups excluding carboxylic acids is 1. The van der Waals surface area contributed by atoms with Gasteiger partial charge in [-0.1, -0.05) is 0 Å². The SMILES string of the molecule is Cn1cc(C(N)C(=O)N2CCOC(CO)C2)cn1. The van der Waals surface area contributed by atoms with Crippen LogP contribution in [0, 0.1) is 0 Å². The fourth-order valence-corrected chi connectivity index (χ4v) is 1.97. The lowest BCUT2D eigenvalue weighted by molar-refractivity contribution is -0.141. The predicted molar refractivity (Wildman–Crippen MR) is 63.5 cm³/mol. The van der Waals surface area contributed by atoms with Crippen molar-refractivity contribution in [2.75, 3.05) is 26.3 Å². The minimum absolute atomic E-state index is 0.0914. The third-order valence-electron chi connectivity index (χ3n) is 3.00. The molecule has 1 aromatic heterocycles. The molecule has 2 rings (SSSR count). The van der Waals surface area contributed by atoms with Crippen LogP contribution in [-0.4, -0.2) is 58.1 Å². The highest BCUT2D eigenvalue weighted by atomic mass is 16.5. The first kappa shape index (κ1) is 13.0. The van der Waals surface area contributed by atoms with E-state index < -0.39 is 6.04 Å². The number of aliphatic hydroxyl groups excluding tert-OH is 1.